The lowest BCUT2D eigenvalue weighted by atomic mass is 10.1. The zero-order valence-electron chi connectivity index (χ0n) is 12.6. The van der Waals surface area contributed by atoms with E-state index in [1.807, 2.05) is 37.6 Å². The third kappa shape index (κ3) is 3.93. The zero-order chi connectivity index (χ0) is 15.4. The molecule has 0 aliphatic carbocycles. The van der Waals surface area contributed by atoms with Gasteiger partial charge in [0.2, 0.25) is 0 Å². The first-order valence-electron chi connectivity index (χ1n) is 7.42. The van der Waals surface area contributed by atoms with Gasteiger partial charge >= 0.3 is 0 Å². The van der Waals surface area contributed by atoms with Crippen LogP contribution < -0.4 is 10.1 Å². The highest BCUT2D eigenvalue weighted by molar-refractivity contribution is 6.30. The van der Waals surface area contributed by atoms with Crippen LogP contribution in [0.2, 0.25) is 5.02 Å². The van der Waals surface area contributed by atoms with Crippen LogP contribution in [0.4, 0.5) is 5.69 Å². The minimum Gasteiger partial charge on any atom is -0.491 e. The maximum atomic E-state index is 6.10. The summed E-state index contributed by atoms with van der Waals surface area (Å²) in [5.41, 5.74) is 2.01. The van der Waals surface area contributed by atoms with E-state index in [2.05, 4.69) is 10.4 Å². The maximum absolute atomic E-state index is 6.10. The molecule has 0 spiro atoms. The van der Waals surface area contributed by atoms with Crippen molar-refractivity contribution in [2.24, 2.45) is 13.0 Å². The van der Waals surface area contributed by atoms with E-state index in [-0.39, 0.29) is 0 Å². The van der Waals surface area contributed by atoms with Crippen LogP contribution in [-0.4, -0.2) is 29.6 Å². The molecule has 0 amide bonds. The van der Waals surface area contributed by atoms with Crippen molar-refractivity contribution in [3.63, 3.8) is 0 Å². The number of nitrogens with one attached hydrogen (secondary N) is 1. The number of benzene rings is 1. The fraction of sp³-hybridized carbons (Fsp3) is 0.438. The van der Waals surface area contributed by atoms with Crippen molar-refractivity contribution in [3.8, 4) is 5.75 Å². The van der Waals surface area contributed by atoms with Crippen LogP contribution in [0.5, 0.6) is 5.75 Å². The number of halogens is 1. The summed E-state index contributed by atoms with van der Waals surface area (Å²) in [6, 6.07) is 5.64. The predicted molar refractivity (Wildman–Crippen MR) is 86.4 cm³/mol. The number of hydrogen-bond donors (Lipinski definition) is 1. The van der Waals surface area contributed by atoms with E-state index in [1.54, 1.807) is 4.68 Å². The van der Waals surface area contributed by atoms with Gasteiger partial charge in [0.15, 0.2) is 0 Å². The molecule has 0 saturated carbocycles. The second kappa shape index (κ2) is 7.03. The number of aryl methyl sites for hydroxylation is 1. The van der Waals surface area contributed by atoms with Crippen molar-refractivity contribution in [2.45, 2.75) is 13.0 Å². The molecule has 1 aliphatic rings. The molecule has 0 bridgehead atoms. The summed E-state index contributed by atoms with van der Waals surface area (Å²) in [6.07, 6.45) is 4.88. The summed E-state index contributed by atoms with van der Waals surface area (Å²) in [6.45, 7) is 2.97. The smallest absolute Gasteiger partial charge is 0.142 e. The average molecular weight is 322 g/mol. The van der Waals surface area contributed by atoms with Crippen molar-refractivity contribution in [1.29, 1.82) is 0 Å². The van der Waals surface area contributed by atoms with Crippen molar-refractivity contribution in [3.05, 3.63) is 41.2 Å². The molecule has 22 heavy (non-hydrogen) atoms. The Morgan fingerprint density at radius 2 is 2.41 bits per heavy atom. The zero-order valence-corrected chi connectivity index (χ0v) is 13.3. The molecule has 1 aliphatic heterocycles. The van der Waals surface area contributed by atoms with Crippen LogP contribution in [0.25, 0.3) is 0 Å². The highest BCUT2D eigenvalue weighted by Gasteiger charge is 2.17. The Balaban J connectivity index is 1.64. The molecule has 1 fully saturated rings. The normalized spacial score (nSPS) is 17.6. The van der Waals surface area contributed by atoms with Crippen molar-refractivity contribution >= 4 is 17.3 Å². The molecular formula is C16H20ClN3O2. The van der Waals surface area contributed by atoms with Crippen LogP contribution in [0.3, 0.4) is 0 Å². The number of nitrogens with zero attached hydrogens (tertiary/aromatic N) is 2. The fourth-order valence-electron chi connectivity index (χ4n) is 2.45. The first-order chi connectivity index (χ1) is 10.7. The first kappa shape index (κ1) is 15.2. The first-order valence-corrected chi connectivity index (χ1v) is 7.80. The number of anilines is 1. The van der Waals surface area contributed by atoms with E-state index in [0.29, 0.717) is 24.1 Å². The van der Waals surface area contributed by atoms with E-state index < -0.39 is 0 Å². The van der Waals surface area contributed by atoms with Crippen LogP contribution in [0.1, 0.15) is 12.0 Å². The quantitative estimate of drug-likeness (QED) is 0.888. The molecular weight excluding hydrogens is 302 g/mol. The molecule has 1 atom stereocenters. The Bertz CT molecular complexity index is 624. The highest BCUT2D eigenvalue weighted by atomic mass is 35.5. The molecule has 1 N–H and O–H groups in total. The fourth-order valence-corrected chi connectivity index (χ4v) is 2.62. The highest BCUT2D eigenvalue weighted by Crippen LogP contribution is 2.29. The standard InChI is InChI=1S/C16H20ClN3O2/c1-20-9-13(8-19-20)7-18-15-6-14(17)2-3-16(15)22-11-12-4-5-21-10-12/h2-3,6,8-9,12,18H,4-5,7,10-11H2,1H3/t12-/m1/s1. The summed E-state index contributed by atoms with van der Waals surface area (Å²) in [5, 5.41) is 8.21. The van der Waals surface area contributed by atoms with Crippen molar-refractivity contribution < 1.29 is 9.47 Å². The molecule has 118 valence electrons. The van der Waals surface area contributed by atoms with Gasteiger partial charge in [-0.25, -0.2) is 0 Å². The van der Waals surface area contributed by atoms with E-state index >= 15 is 0 Å². The molecule has 1 aromatic heterocycles. The number of rotatable bonds is 6. The van der Waals surface area contributed by atoms with E-state index in [4.69, 9.17) is 21.1 Å². The van der Waals surface area contributed by atoms with Crippen molar-refractivity contribution in [2.75, 3.05) is 25.1 Å². The Hall–Kier alpha value is -1.72. The topological polar surface area (TPSA) is 48.3 Å². The molecule has 1 saturated heterocycles. The van der Waals surface area contributed by atoms with Gasteiger partial charge in [0.25, 0.3) is 0 Å². The largest absolute Gasteiger partial charge is 0.491 e. The average Bonchev–Trinajstić information content (AvgIpc) is 3.15. The number of aromatic nitrogens is 2. The van der Waals surface area contributed by atoms with Crippen LogP contribution in [0, 0.1) is 5.92 Å². The van der Waals surface area contributed by atoms with Gasteiger partial charge < -0.3 is 14.8 Å². The summed E-state index contributed by atoms with van der Waals surface area (Å²) >= 11 is 6.10. The third-order valence-electron chi connectivity index (χ3n) is 3.68. The van der Waals surface area contributed by atoms with Gasteiger partial charge in [-0.3, -0.25) is 4.68 Å². The lowest BCUT2D eigenvalue weighted by molar-refractivity contribution is 0.167. The molecule has 6 heteroatoms. The third-order valence-corrected chi connectivity index (χ3v) is 3.92. The molecule has 5 nitrogen and oxygen atoms in total. The molecule has 1 aromatic carbocycles. The maximum Gasteiger partial charge on any atom is 0.142 e. The molecule has 3 rings (SSSR count). The summed E-state index contributed by atoms with van der Waals surface area (Å²) < 4.78 is 13.1. The summed E-state index contributed by atoms with van der Waals surface area (Å²) in [7, 11) is 1.90. The second-order valence-electron chi connectivity index (χ2n) is 5.56. The van der Waals surface area contributed by atoms with E-state index in [0.717, 1.165) is 36.6 Å². The van der Waals surface area contributed by atoms with Gasteiger partial charge in [-0.15, -0.1) is 0 Å². The molecule has 2 aromatic rings. The van der Waals surface area contributed by atoms with E-state index in [9.17, 15) is 0 Å². The predicted octanol–water partition coefficient (Wildman–Crippen LogP) is 3.10. The monoisotopic (exact) mass is 321 g/mol. The van der Waals surface area contributed by atoms with Gasteiger partial charge in [-0.2, -0.15) is 5.10 Å². The molecule has 0 radical (unpaired) electrons. The molecule has 0 unspecified atom stereocenters. The second-order valence-corrected chi connectivity index (χ2v) is 5.99. The lowest BCUT2D eigenvalue weighted by Gasteiger charge is -2.15. The lowest BCUT2D eigenvalue weighted by Crippen LogP contribution is -2.12. The molecule has 2 heterocycles. The van der Waals surface area contributed by atoms with Crippen LogP contribution in [-0.2, 0) is 18.3 Å². The van der Waals surface area contributed by atoms with Gasteiger partial charge in [0.1, 0.15) is 5.75 Å². The van der Waals surface area contributed by atoms with Gasteiger partial charge in [-0.05, 0) is 24.6 Å². The van der Waals surface area contributed by atoms with Gasteiger partial charge in [-0.1, -0.05) is 11.6 Å². The Morgan fingerprint density at radius 1 is 1.50 bits per heavy atom. The Labute approximate surface area is 135 Å². The Morgan fingerprint density at radius 3 is 3.14 bits per heavy atom. The summed E-state index contributed by atoms with van der Waals surface area (Å²) in [5.74, 6) is 1.29. The van der Waals surface area contributed by atoms with E-state index in [1.165, 1.54) is 0 Å². The minimum absolute atomic E-state index is 0.474. The van der Waals surface area contributed by atoms with Crippen LogP contribution in [0.15, 0.2) is 30.6 Å². The van der Waals surface area contributed by atoms with Crippen LogP contribution >= 0.6 is 11.6 Å². The van der Waals surface area contributed by atoms with Crippen molar-refractivity contribution in [1.82, 2.24) is 9.78 Å². The number of ether oxygens (including phenoxy) is 2. The SMILES string of the molecule is Cn1cc(CNc2cc(Cl)ccc2OC[C@@H]2CCOC2)cn1. The summed E-state index contributed by atoms with van der Waals surface area (Å²) in [4.78, 5) is 0. The van der Waals surface area contributed by atoms with Gasteiger partial charge in [0, 0.05) is 42.9 Å². The Kier molecular flexibility index (Phi) is 4.85. The number of hydrogen-bond acceptors (Lipinski definition) is 4. The minimum atomic E-state index is 0.474. The van der Waals surface area contributed by atoms with Gasteiger partial charge in [0.05, 0.1) is 25.1 Å².